The minimum absolute atomic E-state index is 0.428. The number of hydrogen-bond donors (Lipinski definition) is 1. The van der Waals surface area contributed by atoms with Gasteiger partial charge in [-0.05, 0) is 46.0 Å². The van der Waals surface area contributed by atoms with Gasteiger partial charge in [0.25, 0.3) is 0 Å². The largest absolute Gasteiger partial charge is 0.385 e. The zero-order valence-corrected chi connectivity index (χ0v) is 13.7. The molecule has 0 aromatic carbocycles. The molecule has 0 aromatic heterocycles. The maximum Gasteiger partial charge on any atom is 0.359 e. The minimum atomic E-state index is -3.07. The molecule has 0 bridgehead atoms. The highest BCUT2D eigenvalue weighted by molar-refractivity contribution is 7.58. The van der Waals surface area contributed by atoms with E-state index in [0.717, 1.165) is 30.3 Å². The predicted octanol–water partition coefficient (Wildman–Crippen LogP) is 4.57. The van der Waals surface area contributed by atoms with Crippen molar-refractivity contribution in [1.29, 1.82) is 0 Å². The molecule has 116 valence electrons. The summed E-state index contributed by atoms with van der Waals surface area (Å²) >= 11 is 0. The number of rotatable bonds is 7. The van der Waals surface area contributed by atoms with Gasteiger partial charge in [-0.15, -0.1) is 0 Å². The van der Waals surface area contributed by atoms with E-state index in [4.69, 9.17) is 9.05 Å². The Labute approximate surface area is 122 Å². The summed E-state index contributed by atoms with van der Waals surface area (Å²) in [5.74, 6) is 0. The fraction of sp³-hybridized carbons (Fsp3) is 0.867. The summed E-state index contributed by atoms with van der Waals surface area (Å²) in [6, 6.07) is 0.545. The first-order valence-corrected chi connectivity index (χ1v) is 9.62. The molecule has 20 heavy (non-hydrogen) atoms. The Bertz CT molecular complexity index is 379. The number of nitrogens with one attached hydrogen (secondary N) is 1. The summed E-state index contributed by atoms with van der Waals surface area (Å²) in [5, 5.41) is 4.55. The van der Waals surface area contributed by atoms with Crippen LogP contribution in [-0.2, 0) is 13.6 Å². The molecule has 1 fully saturated rings. The van der Waals surface area contributed by atoms with Crippen molar-refractivity contribution in [2.75, 3.05) is 13.2 Å². The SMILES string of the molecule is CCOP(=O)(OCC)C1=C(NC2CCCCC2)CCC1. The Hall–Kier alpha value is -0.310. The molecule has 0 aliphatic heterocycles. The topological polar surface area (TPSA) is 47.6 Å². The van der Waals surface area contributed by atoms with Gasteiger partial charge in [0.1, 0.15) is 0 Å². The van der Waals surface area contributed by atoms with Crippen LogP contribution >= 0.6 is 7.60 Å². The highest BCUT2D eigenvalue weighted by atomic mass is 31.2. The summed E-state index contributed by atoms with van der Waals surface area (Å²) in [7, 11) is -3.07. The Morgan fingerprint density at radius 1 is 1.05 bits per heavy atom. The molecule has 2 aliphatic rings. The molecule has 0 saturated heterocycles. The van der Waals surface area contributed by atoms with Crippen LogP contribution in [0.2, 0.25) is 0 Å². The summed E-state index contributed by atoms with van der Waals surface area (Å²) in [6.07, 6.45) is 9.27. The van der Waals surface area contributed by atoms with Gasteiger partial charge in [0.15, 0.2) is 0 Å². The first-order valence-electron chi connectivity index (χ1n) is 8.08. The summed E-state index contributed by atoms with van der Waals surface area (Å²) in [6.45, 7) is 4.60. The van der Waals surface area contributed by atoms with Gasteiger partial charge in [-0.3, -0.25) is 4.57 Å². The van der Waals surface area contributed by atoms with Gasteiger partial charge in [-0.25, -0.2) is 0 Å². The maximum absolute atomic E-state index is 12.9. The van der Waals surface area contributed by atoms with Crippen LogP contribution in [0.25, 0.3) is 0 Å². The van der Waals surface area contributed by atoms with E-state index in [2.05, 4.69) is 5.32 Å². The monoisotopic (exact) mass is 301 g/mol. The van der Waals surface area contributed by atoms with Crippen molar-refractivity contribution in [3.63, 3.8) is 0 Å². The zero-order valence-electron chi connectivity index (χ0n) is 12.8. The molecule has 0 atom stereocenters. The fourth-order valence-corrected chi connectivity index (χ4v) is 5.22. The van der Waals surface area contributed by atoms with E-state index in [1.165, 1.54) is 32.1 Å². The fourth-order valence-electron chi connectivity index (χ4n) is 3.21. The average Bonchev–Trinajstić information content (AvgIpc) is 2.89. The normalized spacial score (nSPS) is 21.5. The molecule has 1 saturated carbocycles. The van der Waals surface area contributed by atoms with E-state index in [0.29, 0.717) is 19.3 Å². The molecule has 2 rings (SSSR count). The van der Waals surface area contributed by atoms with Crippen LogP contribution in [0.1, 0.15) is 65.2 Å². The third-order valence-electron chi connectivity index (χ3n) is 4.10. The van der Waals surface area contributed by atoms with Gasteiger partial charge < -0.3 is 14.4 Å². The lowest BCUT2D eigenvalue weighted by Gasteiger charge is -2.26. The molecule has 0 amide bonds. The lowest BCUT2D eigenvalue weighted by molar-refractivity contribution is 0.225. The molecule has 2 aliphatic carbocycles. The Morgan fingerprint density at radius 3 is 2.30 bits per heavy atom. The number of allylic oxidation sites excluding steroid dienone is 2. The number of hydrogen-bond acceptors (Lipinski definition) is 4. The van der Waals surface area contributed by atoms with Crippen molar-refractivity contribution >= 4 is 7.60 Å². The van der Waals surface area contributed by atoms with Crippen molar-refractivity contribution in [2.45, 2.75) is 71.3 Å². The van der Waals surface area contributed by atoms with Gasteiger partial charge in [0, 0.05) is 11.7 Å². The van der Waals surface area contributed by atoms with Gasteiger partial charge >= 0.3 is 7.60 Å². The minimum Gasteiger partial charge on any atom is -0.385 e. The Balaban J connectivity index is 2.12. The maximum atomic E-state index is 12.9. The van der Waals surface area contributed by atoms with Crippen LogP contribution < -0.4 is 5.32 Å². The molecule has 0 radical (unpaired) electrons. The molecule has 0 aromatic rings. The third-order valence-corrected chi connectivity index (χ3v) is 6.45. The quantitative estimate of drug-likeness (QED) is 0.700. The lowest BCUT2D eigenvalue weighted by atomic mass is 9.95. The van der Waals surface area contributed by atoms with Crippen molar-refractivity contribution in [3.05, 3.63) is 11.0 Å². The first kappa shape index (κ1) is 16.1. The molecule has 4 nitrogen and oxygen atoms in total. The smallest absolute Gasteiger partial charge is 0.359 e. The van der Waals surface area contributed by atoms with Crippen molar-refractivity contribution in [2.24, 2.45) is 0 Å². The van der Waals surface area contributed by atoms with Crippen LogP contribution in [0.15, 0.2) is 11.0 Å². The predicted molar refractivity (Wildman–Crippen MR) is 81.7 cm³/mol. The molecular weight excluding hydrogens is 273 g/mol. The highest BCUT2D eigenvalue weighted by Crippen LogP contribution is 2.60. The second-order valence-corrected chi connectivity index (χ2v) is 7.64. The zero-order chi connectivity index (χ0) is 14.4. The standard InChI is InChI=1S/C15H28NO3P/c1-3-18-20(17,19-4-2)15-12-8-11-14(15)16-13-9-6-5-7-10-13/h13,16H,3-12H2,1-2H3. The van der Waals surface area contributed by atoms with E-state index in [1.54, 1.807) is 0 Å². The second kappa shape index (κ2) is 7.63. The average molecular weight is 301 g/mol. The van der Waals surface area contributed by atoms with Crippen LogP contribution in [0.4, 0.5) is 0 Å². The molecule has 0 unspecified atom stereocenters. The molecule has 5 heteroatoms. The van der Waals surface area contributed by atoms with E-state index in [9.17, 15) is 4.57 Å². The van der Waals surface area contributed by atoms with Gasteiger partial charge in [-0.1, -0.05) is 19.3 Å². The van der Waals surface area contributed by atoms with Crippen LogP contribution in [0.3, 0.4) is 0 Å². The van der Waals surface area contributed by atoms with Crippen LogP contribution in [0.5, 0.6) is 0 Å². The summed E-state index contributed by atoms with van der Waals surface area (Å²) < 4.78 is 23.9. The Morgan fingerprint density at radius 2 is 1.70 bits per heavy atom. The van der Waals surface area contributed by atoms with Crippen LogP contribution in [0, 0.1) is 0 Å². The second-order valence-electron chi connectivity index (χ2n) is 5.59. The molecule has 0 spiro atoms. The van der Waals surface area contributed by atoms with Crippen molar-refractivity contribution < 1.29 is 13.6 Å². The third kappa shape index (κ3) is 3.87. The van der Waals surface area contributed by atoms with E-state index in [1.807, 2.05) is 13.8 Å². The van der Waals surface area contributed by atoms with Gasteiger partial charge in [-0.2, -0.15) is 0 Å². The van der Waals surface area contributed by atoms with Crippen molar-refractivity contribution in [3.8, 4) is 0 Å². The Kier molecular flexibility index (Phi) is 6.13. The van der Waals surface area contributed by atoms with Gasteiger partial charge in [0.2, 0.25) is 0 Å². The van der Waals surface area contributed by atoms with E-state index >= 15 is 0 Å². The lowest BCUT2D eigenvalue weighted by Crippen LogP contribution is -2.30. The van der Waals surface area contributed by atoms with Crippen molar-refractivity contribution in [1.82, 2.24) is 5.32 Å². The first-order chi connectivity index (χ1) is 9.69. The highest BCUT2D eigenvalue weighted by Gasteiger charge is 2.35. The molecular formula is C15H28NO3P. The van der Waals surface area contributed by atoms with E-state index in [-0.39, 0.29) is 0 Å². The molecule has 0 heterocycles. The van der Waals surface area contributed by atoms with E-state index < -0.39 is 7.60 Å². The summed E-state index contributed by atoms with van der Waals surface area (Å²) in [5.41, 5.74) is 1.14. The van der Waals surface area contributed by atoms with Crippen LogP contribution in [-0.4, -0.2) is 19.3 Å². The summed E-state index contributed by atoms with van der Waals surface area (Å²) in [4.78, 5) is 0. The van der Waals surface area contributed by atoms with Gasteiger partial charge in [0.05, 0.1) is 18.5 Å². The molecule has 1 N–H and O–H groups in total.